The maximum Gasteiger partial charge on any atom is 0.166 e. The van der Waals surface area contributed by atoms with Crippen molar-refractivity contribution in [3.8, 4) is 74.0 Å². The van der Waals surface area contributed by atoms with Crippen molar-refractivity contribution in [2.24, 2.45) is 0 Å². The number of fused-ring (bicyclic) bond motifs is 9. The fraction of sp³-hybridized carbons (Fsp3) is 0. The molecule has 0 aliphatic rings. The largest absolute Gasteiger partial charge is 0.309 e. The molecule has 0 amide bonds. The second-order valence-electron chi connectivity index (χ2n) is 17.1. The van der Waals surface area contributed by atoms with Gasteiger partial charge in [-0.2, -0.15) is 0 Å². The van der Waals surface area contributed by atoms with Crippen LogP contribution < -0.4 is 0 Å². The van der Waals surface area contributed by atoms with Gasteiger partial charge in [-0.15, -0.1) is 0 Å². The van der Waals surface area contributed by atoms with Gasteiger partial charge in [-0.25, -0.2) is 29.9 Å². The molecule has 0 aliphatic heterocycles. The van der Waals surface area contributed by atoms with Crippen LogP contribution in [0.4, 0.5) is 0 Å². The first-order valence-electron chi connectivity index (χ1n) is 22.7. The second kappa shape index (κ2) is 15.1. The molecule has 68 heavy (non-hydrogen) atoms. The molecule has 0 spiro atoms. The molecule has 8 nitrogen and oxygen atoms in total. The van der Waals surface area contributed by atoms with Crippen molar-refractivity contribution in [3.63, 3.8) is 0 Å². The summed E-state index contributed by atoms with van der Waals surface area (Å²) >= 11 is 0. The van der Waals surface area contributed by atoms with Gasteiger partial charge in [0.25, 0.3) is 0 Å². The Labute approximate surface area is 389 Å². The fourth-order valence-electron chi connectivity index (χ4n) is 10.1. The van der Waals surface area contributed by atoms with Crippen LogP contribution in [0.25, 0.3) is 134 Å². The number of rotatable bonds is 7. The van der Waals surface area contributed by atoms with Crippen LogP contribution in [-0.2, 0) is 0 Å². The molecule has 0 atom stereocenters. The maximum absolute atomic E-state index is 5.36. The highest BCUT2D eigenvalue weighted by molar-refractivity contribution is 6.23. The van der Waals surface area contributed by atoms with Crippen LogP contribution in [-0.4, -0.2) is 38.9 Å². The molecule has 0 saturated carbocycles. The third-order valence-corrected chi connectivity index (χ3v) is 13.2. The van der Waals surface area contributed by atoms with Crippen LogP contribution in [0.5, 0.6) is 0 Å². The summed E-state index contributed by atoms with van der Waals surface area (Å²) in [5.41, 5.74) is 12.0. The van der Waals surface area contributed by atoms with Crippen LogP contribution in [0.3, 0.4) is 0 Å². The van der Waals surface area contributed by atoms with Crippen molar-refractivity contribution >= 4 is 59.9 Å². The summed E-state index contributed by atoms with van der Waals surface area (Å²) in [5.74, 6) is 3.65. The predicted octanol–water partition coefficient (Wildman–Crippen LogP) is 14.3. The topological polar surface area (TPSA) is 86.7 Å². The quantitative estimate of drug-likeness (QED) is 0.159. The summed E-state index contributed by atoms with van der Waals surface area (Å²) in [6.45, 7) is 0. The second-order valence-corrected chi connectivity index (χ2v) is 17.1. The van der Waals surface area contributed by atoms with E-state index in [4.69, 9.17) is 29.9 Å². The molecule has 0 fully saturated rings. The highest BCUT2D eigenvalue weighted by atomic mass is 15.1. The van der Waals surface area contributed by atoms with E-state index in [9.17, 15) is 0 Å². The minimum atomic E-state index is 0.588. The van der Waals surface area contributed by atoms with E-state index in [1.54, 1.807) is 0 Å². The Morgan fingerprint density at radius 1 is 0.250 bits per heavy atom. The van der Waals surface area contributed by atoms with Crippen molar-refractivity contribution < 1.29 is 0 Å². The molecule has 14 aromatic rings. The van der Waals surface area contributed by atoms with Crippen LogP contribution in [0, 0.1) is 0 Å². The van der Waals surface area contributed by atoms with Crippen LogP contribution in [0.15, 0.2) is 218 Å². The van der Waals surface area contributed by atoms with Gasteiger partial charge in [-0.1, -0.05) is 182 Å². The van der Waals surface area contributed by atoms with Gasteiger partial charge in [0, 0.05) is 65.7 Å². The summed E-state index contributed by atoms with van der Waals surface area (Å²) in [6, 6.07) is 75.7. The Morgan fingerprint density at radius 3 is 1.10 bits per heavy atom. The normalized spacial score (nSPS) is 11.8. The first-order valence-corrected chi connectivity index (χ1v) is 22.7. The van der Waals surface area contributed by atoms with E-state index in [0.717, 1.165) is 71.9 Å². The van der Waals surface area contributed by atoms with Gasteiger partial charge >= 0.3 is 0 Å². The van der Waals surface area contributed by atoms with Crippen molar-refractivity contribution in [3.05, 3.63) is 218 Å². The molecule has 14 rings (SSSR count). The van der Waals surface area contributed by atoms with Crippen molar-refractivity contribution in [2.45, 2.75) is 0 Å². The summed E-state index contributed by atoms with van der Waals surface area (Å²) in [7, 11) is 0. The van der Waals surface area contributed by atoms with Gasteiger partial charge in [0.15, 0.2) is 34.9 Å². The standard InChI is InChI=1S/C60H36N8/c1-4-17-37(18-5-1)55-61-56(38-19-6-2-7-20-38)63-58(62-55)40-31-33-44-46-26-16-27-47-45-34-32-41(36-53(45)68(54(46)47)52(44)35-40)59-64-57(39-21-8-3-9-22-39)65-60(66-59)48-25-12-15-30-51(48)67-49-28-13-10-23-42(49)43-24-11-14-29-50(43)67/h1-36H. The summed E-state index contributed by atoms with van der Waals surface area (Å²) < 4.78 is 4.72. The van der Waals surface area contributed by atoms with Crippen molar-refractivity contribution in [2.75, 3.05) is 0 Å². The Hall–Kier alpha value is -9.40. The molecule has 0 aliphatic carbocycles. The first kappa shape index (κ1) is 37.9. The van der Waals surface area contributed by atoms with Gasteiger partial charge in [0.05, 0.1) is 33.3 Å². The van der Waals surface area contributed by atoms with Crippen LogP contribution >= 0.6 is 0 Å². The number of benzene rings is 9. The van der Waals surface area contributed by atoms with E-state index < -0.39 is 0 Å². The van der Waals surface area contributed by atoms with Gasteiger partial charge in [0.1, 0.15) is 0 Å². The third-order valence-electron chi connectivity index (χ3n) is 13.2. The molecular formula is C60H36N8. The van der Waals surface area contributed by atoms with Gasteiger partial charge < -0.3 is 8.97 Å². The number of hydrogen-bond acceptors (Lipinski definition) is 6. The molecule has 5 heterocycles. The highest BCUT2D eigenvalue weighted by Crippen LogP contribution is 2.42. The van der Waals surface area contributed by atoms with Gasteiger partial charge in [-0.3, -0.25) is 0 Å². The zero-order valence-corrected chi connectivity index (χ0v) is 36.4. The lowest BCUT2D eigenvalue weighted by Crippen LogP contribution is -2.03. The molecule has 0 N–H and O–H groups in total. The first-order chi connectivity index (χ1) is 33.7. The molecule has 0 bridgehead atoms. The van der Waals surface area contributed by atoms with E-state index in [2.05, 4.69) is 148 Å². The lowest BCUT2D eigenvalue weighted by molar-refractivity contribution is 1.06. The van der Waals surface area contributed by atoms with E-state index in [1.807, 2.05) is 78.9 Å². The van der Waals surface area contributed by atoms with Gasteiger partial charge in [0.2, 0.25) is 0 Å². The van der Waals surface area contributed by atoms with E-state index in [0.29, 0.717) is 34.9 Å². The lowest BCUT2D eigenvalue weighted by atomic mass is 10.0. The highest BCUT2D eigenvalue weighted by Gasteiger charge is 2.22. The number of hydrogen-bond donors (Lipinski definition) is 0. The molecule has 0 unspecified atom stereocenters. The summed E-state index contributed by atoms with van der Waals surface area (Å²) in [6.07, 6.45) is 0. The molecule has 8 heteroatoms. The maximum atomic E-state index is 5.36. The monoisotopic (exact) mass is 868 g/mol. The Kier molecular flexibility index (Phi) is 8.41. The Morgan fingerprint density at radius 2 is 0.618 bits per heavy atom. The van der Waals surface area contributed by atoms with Crippen molar-refractivity contribution in [1.29, 1.82) is 0 Å². The number of aromatic nitrogens is 8. The third kappa shape index (κ3) is 5.94. The minimum absolute atomic E-state index is 0.588. The molecule has 0 saturated heterocycles. The van der Waals surface area contributed by atoms with E-state index in [1.165, 1.54) is 27.1 Å². The molecule has 0 radical (unpaired) electrons. The van der Waals surface area contributed by atoms with Gasteiger partial charge in [-0.05, 0) is 36.4 Å². The van der Waals surface area contributed by atoms with E-state index in [-0.39, 0.29) is 0 Å². The average molecular weight is 869 g/mol. The number of nitrogens with zero attached hydrogens (tertiary/aromatic N) is 8. The van der Waals surface area contributed by atoms with Crippen LogP contribution in [0.2, 0.25) is 0 Å². The molecule has 9 aromatic carbocycles. The minimum Gasteiger partial charge on any atom is -0.309 e. The molecule has 316 valence electrons. The van der Waals surface area contributed by atoms with Crippen LogP contribution in [0.1, 0.15) is 0 Å². The molecular weight excluding hydrogens is 833 g/mol. The smallest absolute Gasteiger partial charge is 0.166 e. The summed E-state index contributed by atoms with van der Waals surface area (Å²) in [4.78, 5) is 30.9. The SMILES string of the molecule is c1ccc(-c2nc(-c3ccccc3)nc(-c3ccc4c5cccc6c7ccc(-c8nc(-c9ccccc9)nc(-c9ccccc9-n9c%10ccccc%10c%10ccccc%109)n8)cc7n(c4c3)c56)n2)cc1. The van der Waals surface area contributed by atoms with E-state index >= 15 is 0 Å². The van der Waals surface area contributed by atoms with Crippen molar-refractivity contribution in [1.82, 2.24) is 38.9 Å². The lowest BCUT2D eigenvalue weighted by Gasteiger charge is -2.14. The molecule has 5 aromatic heterocycles. The Bertz CT molecular complexity index is 4140. The summed E-state index contributed by atoms with van der Waals surface area (Å²) in [5, 5.41) is 7.05. The fourth-order valence-corrected chi connectivity index (χ4v) is 10.1. The zero-order valence-electron chi connectivity index (χ0n) is 36.4. The zero-order chi connectivity index (χ0) is 44.7. The Balaban J connectivity index is 0.974. The average Bonchev–Trinajstić information content (AvgIpc) is 4.06. The number of para-hydroxylation sites is 4. The predicted molar refractivity (Wildman–Crippen MR) is 275 cm³/mol.